The number of hydrogen-bond donors (Lipinski definition) is 1. The molecular weight excluding hydrogens is 236 g/mol. The van der Waals surface area contributed by atoms with Crippen LogP contribution in [0.15, 0.2) is 30.3 Å². The highest BCUT2D eigenvalue weighted by Crippen LogP contribution is 2.30. The van der Waals surface area contributed by atoms with E-state index in [-0.39, 0.29) is 5.54 Å². The summed E-state index contributed by atoms with van der Waals surface area (Å²) < 4.78 is 2.16. The van der Waals surface area contributed by atoms with Crippen molar-refractivity contribution >= 4 is 0 Å². The third kappa shape index (κ3) is 2.16. The Morgan fingerprint density at radius 1 is 1.16 bits per heavy atom. The zero-order chi connectivity index (χ0) is 13.3. The van der Waals surface area contributed by atoms with Gasteiger partial charge >= 0.3 is 0 Å². The Hall–Kier alpha value is -1.68. The van der Waals surface area contributed by atoms with Crippen molar-refractivity contribution in [1.82, 2.24) is 20.1 Å². The Kier molecular flexibility index (Phi) is 3.11. The zero-order valence-corrected chi connectivity index (χ0v) is 11.6. The van der Waals surface area contributed by atoms with Gasteiger partial charge in [0.1, 0.15) is 5.82 Å². The molecule has 1 aromatic heterocycles. The molecule has 100 valence electrons. The number of benzene rings is 1. The summed E-state index contributed by atoms with van der Waals surface area (Å²) in [6.45, 7) is 5.29. The van der Waals surface area contributed by atoms with Crippen LogP contribution in [-0.4, -0.2) is 21.3 Å². The third-order valence-corrected chi connectivity index (χ3v) is 3.95. The first-order chi connectivity index (χ1) is 9.21. The average Bonchev–Trinajstić information content (AvgIpc) is 2.83. The Labute approximate surface area is 113 Å². The second-order valence-electron chi connectivity index (χ2n) is 5.46. The van der Waals surface area contributed by atoms with Crippen molar-refractivity contribution in [3.63, 3.8) is 0 Å². The maximum atomic E-state index is 4.44. The number of nitrogens with one attached hydrogen (secondary N) is 1. The van der Waals surface area contributed by atoms with Gasteiger partial charge in [0.25, 0.3) is 0 Å². The normalized spacial score (nSPS) is 23.5. The van der Waals surface area contributed by atoms with Crippen LogP contribution < -0.4 is 5.32 Å². The molecule has 1 aliphatic rings. The van der Waals surface area contributed by atoms with Gasteiger partial charge in [0, 0.05) is 5.69 Å². The van der Waals surface area contributed by atoms with Crippen LogP contribution in [0.3, 0.4) is 0 Å². The van der Waals surface area contributed by atoms with Gasteiger partial charge < -0.3 is 5.32 Å². The maximum absolute atomic E-state index is 4.44. The van der Waals surface area contributed by atoms with E-state index in [0.717, 1.165) is 30.3 Å². The van der Waals surface area contributed by atoms with Gasteiger partial charge in [-0.15, -0.1) is 10.2 Å². The molecule has 4 heteroatoms. The van der Waals surface area contributed by atoms with Crippen molar-refractivity contribution in [3.05, 3.63) is 42.0 Å². The number of piperidine rings is 1. The Morgan fingerprint density at radius 3 is 2.63 bits per heavy atom. The highest BCUT2D eigenvalue weighted by molar-refractivity contribution is 5.35. The van der Waals surface area contributed by atoms with Crippen LogP contribution >= 0.6 is 0 Å². The van der Waals surface area contributed by atoms with Gasteiger partial charge in [-0.05, 0) is 51.8 Å². The molecule has 1 saturated heterocycles. The van der Waals surface area contributed by atoms with Gasteiger partial charge in [-0.3, -0.25) is 4.57 Å². The molecule has 0 amide bonds. The first-order valence-corrected chi connectivity index (χ1v) is 6.94. The minimum absolute atomic E-state index is 0.0741. The Balaban J connectivity index is 2.08. The summed E-state index contributed by atoms with van der Waals surface area (Å²) in [5, 5.41) is 12.3. The lowest BCUT2D eigenvalue weighted by Gasteiger charge is -2.34. The molecule has 0 bridgehead atoms. The molecule has 3 rings (SSSR count). The summed E-state index contributed by atoms with van der Waals surface area (Å²) in [4.78, 5) is 0. The van der Waals surface area contributed by atoms with E-state index < -0.39 is 0 Å². The standard InChI is InChI=1S/C15H20N4/c1-12-17-18-14(15(2)10-6-7-11-16-15)19(12)13-8-4-3-5-9-13/h3-5,8-9,16H,6-7,10-11H2,1-2H3. The lowest BCUT2D eigenvalue weighted by molar-refractivity contribution is 0.265. The lowest BCUT2D eigenvalue weighted by atomic mass is 9.90. The summed E-state index contributed by atoms with van der Waals surface area (Å²) in [6, 6.07) is 10.3. The van der Waals surface area contributed by atoms with E-state index in [1.807, 2.05) is 13.0 Å². The highest BCUT2D eigenvalue weighted by Gasteiger charge is 2.34. The Morgan fingerprint density at radius 2 is 1.95 bits per heavy atom. The molecule has 1 atom stereocenters. The van der Waals surface area contributed by atoms with Crippen molar-refractivity contribution < 1.29 is 0 Å². The molecule has 0 aliphatic carbocycles. The van der Waals surface area contributed by atoms with E-state index in [2.05, 4.69) is 51.3 Å². The van der Waals surface area contributed by atoms with Crippen LogP contribution in [0, 0.1) is 6.92 Å². The second-order valence-corrected chi connectivity index (χ2v) is 5.46. The molecule has 1 N–H and O–H groups in total. The van der Waals surface area contributed by atoms with E-state index in [1.165, 1.54) is 12.8 Å². The predicted molar refractivity (Wildman–Crippen MR) is 75.3 cm³/mol. The summed E-state index contributed by atoms with van der Waals surface area (Å²) in [5.41, 5.74) is 1.06. The largest absolute Gasteiger partial charge is 0.305 e. The van der Waals surface area contributed by atoms with Gasteiger partial charge in [-0.2, -0.15) is 0 Å². The van der Waals surface area contributed by atoms with Crippen LogP contribution in [-0.2, 0) is 5.54 Å². The molecule has 1 fully saturated rings. The fraction of sp³-hybridized carbons (Fsp3) is 0.467. The fourth-order valence-electron chi connectivity index (χ4n) is 2.85. The van der Waals surface area contributed by atoms with Crippen LogP contribution in [0.5, 0.6) is 0 Å². The summed E-state index contributed by atoms with van der Waals surface area (Å²) in [7, 11) is 0. The fourth-order valence-corrected chi connectivity index (χ4v) is 2.85. The topological polar surface area (TPSA) is 42.7 Å². The van der Waals surface area contributed by atoms with Gasteiger partial charge in [0.15, 0.2) is 5.82 Å². The first-order valence-electron chi connectivity index (χ1n) is 6.94. The first kappa shape index (κ1) is 12.4. The van der Waals surface area contributed by atoms with E-state index in [4.69, 9.17) is 0 Å². The van der Waals surface area contributed by atoms with Gasteiger partial charge in [0.05, 0.1) is 5.54 Å². The lowest BCUT2D eigenvalue weighted by Crippen LogP contribution is -2.45. The SMILES string of the molecule is Cc1nnc(C2(C)CCCCN2)n1-c1ccccc1. The number of aryl methyl sites for hydroxylation is 1. The number of nitrogens with zero attached hydrogens (tertiary/aromatic N) is 3. The molecule has 19 heavy (non-hydrogen) atoms. The number of aromatic nitrogens is 3. The minimum atomic E-state index is -0.0741. The molecule has 2 aromatic rings. The third-order valence-electron chi connectivity index (χ3n) is 3.95. The van der Waals surface area contributed by atoms with E-state index in [0.29, 0.717) is 0 Å². The Bertz CT molecular complexity index is 553. The number of para-hydroxylation sites is 1. The second kappa shape index (κ2) is 4.78. The molecule has 0 radical (unpaired) electrons. The van der Waals surface area contributed by atoms with Crippen LogP contribution in [0.4, 0.5) is 0 Å². The summed E-state index contributed by atoms with van der Waals surface area (Å²) in [6.07, 6.45) is 3.59. The van der Waals surface area contributed by atoms with Crippen molar-refractivity contribution in [3.8, 4) is 5.69 Å². The molecular formula is C15H20N4. The smallest absolute Gasteiger partial charge is 0.157 e. The maximum Gasteiger partial charge on any atom is 0.157 e. The molecule has 1 aliphatic heterocycles. The molecule has 1 aromatic carbocycles. The molecule has 4 nitrogen and oxygen atoms in total. The predicted octanol–water partition coefficient (Wildman–Crippen LogP) is 2.56. The van der Waals surface area contributed by atoms with E-state index in [1.54, 1.807) is 0 Å². The van der Waals surface area contributed by atoms with Crippen molar-refractivity contribution in [2.75, 3.05) is 6.54 Å². The average molecular weight is 256 g/mol. The molecule has 0 spiro atoms. The monoisotopic (exact) mass is 256 g/mol. The van der Waals surface area contributed by atoms with E-state index >= 15 is 0 Å². The number of hydrogen-bond acceptors (Lipinski definition) is 3. The van der Waals surface area contributed by atoms with Crippen LogP contribution in [0.25, 0.3) is 5.69 Å². The van der Waals surface area contributed by atoms with Crippen molar-refractivity contribution in [1.29, 1.82) is 0 Å². The van der Waals surface area contributed by atoms with Crippen LogP contribution in [0.1, 0.15) is 37.8 Å². The minimum Gasteiger partial charge on any atom is -0.305 e. The quantitative estimate of drug-likeness (QED) is 0.898. The van der Waals surface area contributed by atoms with Gasteiger partial charge in [-0.1, -0.05) is 18.2 Å². The van der Waals surface area contributed by atoms with Crippen LogP contribution in [0.2, 0.25) is 0 Å². The van der Waals surface area contributed by atoms with Crippen molar-refractivity contribution in [2.45, 2.75) is 38.6 Å². The highest BCUT2D eigenvalue weighted by atomic mass is 15.3. The molecule has 2 heterocycles. The number of rotatable bonds is 2. The van der Waals surface area contributed by atoms with Crippen molar-refractivity contribution in [2.24, 2.45) is 0 Å². The van der Waals surface area contributed by atoms with E-state index in [9.17, 15) is 0 Å². The molecule has 1 unspecified atom stereocenters. The zero-order valence-electron chi connectivity index (χ0n) is 11.6. The summed E-state index contributed by atoms with van der Waals surface area (Å²) >= 11 is 0. The van der Waals surface area contributed by atoms with Gasteiger partial charge in [0.2, 0.25) is 0 Å². The van der Waals surface area contributed by atoms with Gasteiger partial charge in [-0.25, -0.2) is 0 Å². The summed E-state index contributed by atoms with van der Waals surface area (Å²) in [5.74, 6) is 1.96. The molecule has 0 saturated carbocycles.